The summed E-state index contributed by atoms with van der Waals surface area (Å²) >= 11 is 12.4. The fourth-order valence-corrected chi connectivity index (χ4v) is 3.26. The number of nitrogens with zero attached hydrogens (tertiary/aromatic N) is 3. The molecule has 1 aliphatic rings. The van der Waals surface area contributed by atoms with E-state index in [0.717, 1.165) is 5.56 Å². The van der Waals surface area contributed by atoms with Gasteiger partial charge in [0.15, 0.2) is 0 Å². The minimum Gasteiger partial charge on any atom is -0.457 e. The highest BCUT2D eigenvalue weighted by Crippen LogP contribution is 2.39. The molecule has 0 aliphatic carbocycles. The maximum Gasteiger partial charge on any atom is 0.216 e. The van der Waals surface area contributed by atoms with Crippen LogP contribution in [0.1, 0.15) is 5.56 Å². The number of ether oxygens (including phenoxy) is 3. The van der Waals surface area contributed by atoms with Crippen molar-refractivity contribution in [2.24, 2.45) is 0 Å². The molecule has 0 unspecified atom stereocenters. The average Bonchev–Trinajstić information content (AvgIpc) is 3.30. The second kappa shape index (κ2) is 7.25. The van der Waals surface area contributed by atoms with Gasteiger partial charge >= 0.3 is 0 Å². The Morgan fingerprint density at radius 1 is 1.04 bits per heavy atom. The fourth-order valence-electron chi connectivity index (χ4n) is 2.82. The van der Waals surface area contributed by atoms with Crippen LogP contribution in [0.5, 0.6) is 11.5 Å². The molecule has 8 heteroatoms. The molecule has 6 nitrogen and oxygen atoms in total. The topological polar surface area (TPSA) is 58.4 Å². The summed E-state index contributed by atoms with van der Waals surface area (Å²) in [6.07, 6.45) is 3.08. The van der Waals surface area contributed by atoms with Crippen LogP contribution in [-0.2, 0) is 21.8 Å². The second-order valence-corrected chi connectivity index (χ2v) is 6.58. The highest BCUT2D eigenvalue weighted by molar-refractivity contribution is 6.31. The molecule has 0 amide bonds. The van der Waals surface area contributed by atoms with E-state index < -0.39 is 5.79 Å². The fraction of sp³-hybridized carbons (Fsp3) is 0.222. The Morgan fingerprint density at radius 3 is 2.42 bits per heavy atom. The zero-order valence-electron chi connectivity index (χ0n) is 13.6. The van der Waals surface area contributed by atoms with Gasteiger partial charge in [-0.2, -0.15) is 5.10 Å². The van der Waals surface area contributed by atoms with Crippen LogP contribution < -0.4 is 4.74 Å². The molecule has 0 bridgehead atoms. The SMILES string of the molecule is Clc1ccc(Oc2ccc(C3(Cn4cncn4)OCCO3)c(Cl)c2)cc1. The lowest BCUT2D eigenvalue weighted by molar-refractivity contribution is -0.177. The van der Waals surface area contributed by atoms with Crippen LogP contribution in [0.25, 0.3) is 0 Å². The molecule has 134 valence electrons. The maximum atomic E-state index is 6.52. The Kier molecular flexibility index (Phi) is 4.82. The van der Waals surface area contributed by atoms with Crippen molar-refractivity contribution in [2.75, 3.05) is 13.2 Å². The maximum absolute atomic E-state index is 6.52. The van der Waals surface area contributed by atoms with Gasteiger partial charge in [-0.3, -0.25) is 0 Å². The first-order chi connectivity index (χ1) is 12.6. The molecule has 4 rings (SSSR count). The van der Waals surface area contributed by atoms with Crippen molar-refractivity contribution in [2.45, 2.75) is 12.3 Å². The Morgan fingerprint density at radius 2 is 1.77 bits per heavy atom. The highest BCUT2D eigenvalue weighted by atomic mass is 35.5. The third-order valence-corrected chi connectivity index (χ3v) is 4.56. The first kappa shape index (κ1) is 17.3. The van der Waals surface area contributed by atoms with Crippen LogP contribution in [0, 0.1) is 0 Å². The van der Waals surface area contributed by atoms with Crippen molar-refractivity contribution in [1.82, 2.24) is 14.8 Å². The summed E-state index contributed by atoms with van der Waals surface area (Å²) < 4.78 is 19.3. The third kappa shape index (κ3) is 3.54. The second-order valence-electron chi connectivity index (χ2n) is 5.74. The number of rotatable bonds is 5. The van der Waals surface area contributed by atoms with E-state index in [9.17, 15) is 0 Å². The Balaban J connectivity index is 1.60. The predicted molar refractivity (Wildman–Crippen MR) is 96.6 cm³/mol. The molecule has 0 N–H and O–H groups in total. The summed E-state index contributed by atoms with van der Waals surface area (Å²) in [4.78, 5) is 3.96. The van der Waals surface area contributed by atoms with Crippen molar-refractivity contribution in [1.29, 1.82) is 0 Å². The molecule has 0 spiro atoms. The van der Waals surface area contributed by atoms with Gasteiger partial charge in [0, 0.05) is 10.6 Å². The van der Waals surface area contributed by atoms with Gasteiger partial charge in [0.2, 0.25) is 5.79 Å². The van der Waals surface area contributed by atoms with Crippen LogP contribution >= 0.6 is 23.2 Å². The van der Waals surface area contributed by atoms with E-state index in [1.165, 1.54) is 6.33 Å². The van der Waals surface area contributed by atoms with Crippen LogP contribution in [0.4, 0.5) is 0 Å². The average molecular weight is 392 g/mol. The van der Waals surface area contributed by atoms with Gasteiger partial charge in [0.05, 0.1) is 18.2 Å². The molecular formula is C18H15Cl2N3O3. The smallest absolute Gasteiger partial charge is 0.216 e. The van der Waals surface area contributed by atoms with Crippen molar-refractivity contribution >= 4 is 23.2 Å². The largest absolute Gasteiger partial charge is 0.457 e. The minimum absolute atomic E-state index is 0.351. The van der Waals surface area contributed by atoms with E-state index in [1.54, 1.807) is 41.3 Å². The lowest BCUT2D eigenvalue weighted by Gasteiger charge is -2.28. The molecular weight excluding hydrogens is 377 g/mol. The van der Waals surface area contributed by atoms with Gasteiger partial charge in [-0.15, -0.1) is 0 Å². The van der Waals surface area contributed by atoms with E-state index in [-0.39, 0.29) is 0 Å². The molecule has 26 heavy (non-hydrogen) atoms. The van der Waals surface area contributed by atoms with Gasteiger partial charge in [-0.05, 0) is 42.5 Å². The first-order valence-electron chi connectivity index (χ1n) is 7.98. The van der Waals surface area contributed by atoms with Crippen LogP contribution in [0.15, 0.2) is 55.1 Å². The van der Waals surface area contributed by atoms with Gasteiger partial charge in [0.1, 0.15) is 30.7 Å². The van der Waals surface area contributed by atoms with Crippen molar-refractivity contribution in [3.63, 3.8) is 0 Å². The summed E-state index contributed by atoms with van der Waals surface area (Å²) in [5.74, 6) is 0.280. The molecule has 0 atom stereocenters. The van der Waals surface area contributed by atoms with Crippen molar-refractivity contribution in [3.05, 3.63) is 70.7 Å². The summed E-state index contributed by atoms with van der Waals surface area (Å²) in [7, 11) is 0. The lowest BCUT2D eigenvalue weighted by atomic mass is 10.1. The quantitative estimate of drug-likeness (QED) is 0.649. The Labute approximate surface area is 160 Å². The molecule has 2 heterocycles. The number of hydrogen-bond acceptors (Lipinski definition) is 5. The zero-order valence-corrected chi connectivity index (χ0v) is 15.2. The first-order valence-corrected chi connectivity index (χ1v) is 8.74. The normalized spacial score (nSPS) is 15.9. The lowest BCUT2D eigenvalue weighted by Crippen LogP contribution is -2.33. The van der Waals surface area contributed by atoms with Gasteiger partial charge in [0.25, 0.3) is 0 Å². The predicted octanol–water partition coefficient (Wildman–Crippen LogP) is 4.28. The Bertz CT molecular complexity index is 879. The van der Waals surface area contributed by atoms with Gasteiger partial charge in [-0.25, -0.2) is 9.67 Å². The Hall–Kier alpha value is -2.12. The summed E-state index contributed by atoms with van der Waals surface area (Å²) in [5.41, 5.74) is 0.718. The molecule has 2 aromatic carbocycles. The molecule has 1 aliphatic heterocycles. The standard InChI is InChI=1S/C18H15Cl2N3O3/c19-13-1-3-14(4-2-13)26-15-5-6-16(17(20)9-15)18(24-7-8-25-18)10-23-12-21-11-22-23/h1-6,9,11-12H,7-8,10H2. The number of halogens is 2. The number of benzene rings is 2. The van der Waals surface area contributed by atoms with E-state index in [0.29, 0.717) is 41.3 Å². The molecule has 1 fully saturated rings. The van der Waals surface area contributed by atoms with Crippen molar-refractivity contribution < 1.29 is 14.2 Å². The monoisotopic (exact) mass is 391 g/mol. The minimum atomic E-state index is -0.996. The molecule has 0 radical (unpaired) electrons. The summed E-state index contributed by atoms with van der Waals surface area (Å²) in [6.45, 7) is 1.31. The molecule has 0 saturated carbocycles. The number of hydrogen-bond donors (Lipinski definition) is 0. The number of aromatic nitrogens is 3. The van der Waals surface area contributed by atoms with Crippen LogP contribution in [-0.4, -0.2) is 28.0 Å². The van der Waals surface area contributed by atoms with Crippen molar-refractivity contribution in [3.8, 4) is 11.5 Å². The van der Waals surface area contributed by atoms with E-state index >= 15 is 0 Å². The summed E-state index contributed by atoms with van der Waals surface area (Å²) in [5, 5.41) is 5.26. The van der Waals surface area contributed by atoms with E-state index in [4.69, 9.17) is 37.4 Å². The summed E-state index contributed by atoms with van der Waals surface area (Å²) in [6, 6.07) is 12.5. The van der Waals surface area contributed by atoms with Crippen LogP contribution in [0.3, 0.4) is 0 Å². The molecule has 1 aromatic heterocycles. The van der Waals surface area contributed by atoms with Gasteiger partial charge in [-0.1, -0.05) is 23.2 Å². The van der Waals surface area contributed by atoms with E-state index in [1.807, 2.05) is 12.1 Å². The zero-order chi connectivity index (χ0) is 18.0. The van der Waals surface area contributed by atoms with Gasteiger partial charge < -0.3 is 14.2 Å². The molecule has 3 aromatic rings. The molecule has 1 saturated heterocycles. The van der Waals surface area contributed by atoms with Crippen LogP contribution in [0.2, 0.25) is 10.0 Å². The van der Waals surface area contributed by atoms with E-state index in [2.05, 4.69) is 10.1 Å². The highest BCUT2D eigenvalue weighted by Gasteiger charge is 2.41. The third-order valence-electron chi connectivity index (χ3n) is 3.99.